The smallest absolute Gasteiger partial charge is 0.188 e. The highest BCUT2D eigenvalue weighted by Gasteiger charge is 2.39. The molecule has 0 aliphatic carbocycles. The first kappa shape index (κ1) is 40.1. The predicted octanol–water partition coefficient (Wildman–Crippen LogP) is 10.5. The van der Waals surface area contributed by atoms with Crippen molar-refractivity contribution in [2.45, 2.75) is 143 Å². The third-order valence-corrected chi connectivity index (χ3v) is 16.8. The van der Waals surface area contributed by atoms with E-state index in [9.17, 15) is 9.59 Å². The molecule has 0 heterocycles. The molecule has 0 radical (unpaired) electrons. The quantitative estimate of drug-likeness (QED) is 0.102. The van der Waals surface area contributed by atoms with E-state index in [1.807, 2.05) is 26.2 Å². The molecule has 0 saturated heterocycles. The second-order valence-electron chi connectivity index (χ2n) is 15.4. The van der Waals surface area contributed by atoms with Gasteiger partial charge in [-0.2, -0.15) is 0 Å². The van der Waals surface area contributed by atoms with E-state index in [-0.39, 0.29) is 10.1 Å². The zero-order valence-corrected chi connectivity index (χ0v) is 33.1. The molecule has 0 amide bonds. The van der Waals surface area contributed by atoms with Gasteiger partial charge in [0.2, 0.25) is 0 Å². The minimum absolute atomic E-state index is 0.199. The van der Waals surface area contributed by atoms with Gasteiger partial charge in [-0.1, -0.05) is 85.9 Å². The Hall–Kier alpha value is -2.07. The highest BCUT2D eigenvalue weighted by molar-refractivity contribution is 6.73. The number of hydrogen-bond acceptors (Lipinski definition) is 5. The molecule has 7 heteroatoms. The van der Waals surface area contributed by atoms with Crippen molar-refractivity contribution >= 4 is 22.7 Å². The lowest BCUT2D eigenvalue weighted by atomic mass is 9.93. The fourth-order valence-corrected chi connectivity index (χ4v) is 6.19. The van der Waals surface area contributed by atoms with Gasteiger partial charge in [0.1, 0.15) is 17.2 Å². The largest absolute Gasteiger partial charge is 0.493 e. The lowest BCUT2D eigenvalue weighted by molar-refractivity contribution is 0.291. The summed E-state index contributed by atoms with van der Waals surface area (Å²) in [6, 6.07) is 10.7. The Morgan fingerprint density at radius 3 is 1.67 bits per heavy atom. The first-order valence-corrected chi connectivity index (χ1v) is 23.6. The maximum Gasteiger partial charge on any atom is 0.188 e. The van der Waals surface area contributed by atoms with Gasteiger partial charge in [0.15, 0.2) is 16.6 Å². The second-order valence-corrected chi connectivity index (χ2v) is 24.3. The van der Waals surface area contributed by atoms with Crippen molar-refractivity contribution in [3.63, 3.8) is 0 Å². The van der Waals surface area contributed by atoms with Crippen LogP contribution in [0, 0.1) is 0 Å². The van der Waals surface area contributed by atoms with Crippen LogP contribution in [0.2, 0.25) is 36.3 Å². The van der Waals surface area contributed by atoms with Crippen LogP contribution in [-0.2, 0) is 19.3 Å². The van der Waals surface area contributed by atoms with Gasteiger partial charge in [-0.05, 0) is 110 Å². The minimum Gasteiger partial charge on any atom is -0.493 e. The van der Waals surface area contributed by atoms with Crippen molar-refractivity contribution in [3.05, 3.63) is 58.7 Å². The summed E-state index contributed by atoms with van der Waals surface area (Å²) in [7, 11) is -4.86. The SMILES string of the molecule is CCCCOc1cc(CC(C)(C)[Si](C)(C)O)c(C/C=C/c2ccc(OCCCC)c(CC(C)(C)[Si](C)(C)O)c2)c(OCCCC)c1. The van der Waals surface area contributed by atoms with Gasteiger partial charge in [0, 0.05) is 11.6 Å². The Bertz CT molecular complexity index is 1240. The van der Waals surface area contributed by atoms with Crippen LogP contribution in [0.15, 0.2) is 36.4 Å². The molecule has 0 bridgehead atoms. The first-order chi connectivity index (χ1) is 21.5. The summed E-state index contributed by atoms with van der Waals surface area (Å²) in [5.41, 5.74) is 4.61. The van der Waals surface area contributed by atoms with E-state index >= 15 is 0 Å². The van der Waals surface area contributed by atoms with E-state index in [2.05, 4.69) is 91.0 Å². The molecule has 2 N–H and O–H groups in total. The summed E-state index contributed by atoms with van der Waals surface area (Å²) in [5.74, 6) is 2.65. The van der Waals surface area contributed by atoms with Crippen LogP contribution >= 0.6 is 0 Å². The molecule has 0 atom stereocenters. The molecule has 5 nitrogen and oxygen atoms in total. The Balaban J connectivity index is 2.53. The molecule has 2 aromatic rings. The third kappa shape index (κ3) is 12.2. The summed E-state index contributed by atoms with van der Waals surface area (Å²) in [6.45, 7) is 25.4. The van der Waals surface area contributed by atoms with E-state index in [0.29, 0.717) is 26.2 Å². The second kappa shape index (κ2) is 17.9. The van der Waals surface area contributed by atoms with E-state index < -0.39 is 16.6 Å². The van der Waals surface area contributed by atoms with Crippen LogP contribution in [0.1, 0.15) is 109 Å². The van der Waals surface area contributed by atoms with Crippen LogP contribution in [0.4, 0.5) is 0 Å². The molecule has 0 aliphatic rings. The fraction of sp³-hybridized carbons (Fsp3) is 0.641. The van der Waals surface area contributed by atoms with Crippen LogP contribution in [0.3, 0.4) is 0 Å². The summed E-state index contributed by atoms with van der Waals surface area (Å²) >= 11 is 0. The van der Waals surface area contributed by atoms with E-state index in [0.717, 1.165) is 85.3 Å². The predicted molar refractivity (Wildman–Crippen MR) is 202 cm³/mol. The van der Waals surface area contributed by atoms with Gasteiger partial charge < -0.3 is 23.8 Å². The van der Waals surface area contributed by atoms with Crippen molar-refractivity contribution < 1.29 is 23.8 Å². The van der Waals surface area contributed by atoms with Crippen molar-refractivity contribution in [3.8, 4) is 17.2 Å². The molecular weight excluding hydrogens is 605 g/mol. The van der Waals surface area contributed by atoms with E-state index in [1.165, 1.54) is 5.56 Å². The van der Waals surface area contributed by atoms with E-state index in [4.69, 9.17) is 14.2 Å². The maximum absolute atomic E-state index is 11.2. The Morgan fingerprint density at radius 2 is 1.15 bits per heavy atom. The Morgan fingerprint density at radius 1 is 0.652 bits per heavy atom. The van der Waals surface area contributed by atoms with Gasteiger partial charge in [-0.15, -0.1) is 0 Å². The third-order valence-electron chi connectivity index (χ3n) is 9.85. The number of allylic oxidation sites excluding steroid dienone is 1. The van der Waals surface area contributed by atoms with E-state index in [1.54, 1.807) is 0 Å². The molecule has 46 heavy (non-hydrogen) atoms. The van der Waals surface area contributed by atoms with Crippen molar-refractivity contribution in [1.82, 2.24) is 0 Å². The number of hydrogen-bond donors (Lipinski definition) is 2. The molecule has 0 aliphatic heterocycles. The van der Waals surface area contributed by atoms with Gasteiger partial charge in [-0.3, -0.25) is 0 Å². The van der Waals surface area contributed by atoms with Crippen molar-refractivity contribution in [2.24, 2.45) is 0 Å². The summed E-state index contributed by atoms with van der Waals surface area (Å²) < 4.78 is 18.9. The number of benzene rings is 2. The maximum atomic E-state index is 11.2. The summed E-state index contributed by atoms with van der Waals surface area (Å²) in [5, 5.41) is -0.428. The molecule has 0 saturated carbocycles. The van der Waals surface area contributed by atoms with Crippen molar-refractivity contribution in [1.29, 1.82) is 0 Å². The first-order valence-electron chi connectivity index (χ1n) is 17.7. The average Bonchev–Trinajstić information content (AvgIpc) is 2.94. The average molecular weight is 671 g/mol. The normalized spacial score (nSPS) is 13.0. The number of unbranched alkanes of at least 4 members (excludes halogenated alkanes) is 3. The number of ether oxygens (including phenoxy) is 3. The molecule has 260 valence electrons. The zero-order chi connectivity index (χ0) is 34.6. The van der Waals surface area contributed by atoms with Gasteiger partial charge in [-0.25, -0.2) is 0 Å². The topological polar surface area (TPSA) is 68.2 Å². The molecular formula is C39H66O5Si2. The number of rotatable bonds is 21. The lowest BCUT2D eigenvalue weighted by Gasteiger charge is -2.36. The lowest BCUT2D eigenvalue weighted by Crippen LogP contribution is -2.40. The van der Waals surface area contributed by atoms with Crippen LogP contribution in [0.25, 0.3) is 6.08 Å². The summed E-state index contributed by atoms with van der Waals surface area (Å²) in [6.07, 6.45) is 12.9. The highest BCUT2D eigenvalue weighted by Crippen LogP contribution is 2.43. The molecule has 0 fully saturated rings. The van der Waals surface area contributed by atoms with Crippen LogP contribution < -0.4 is 14.2 Å². The highest BCUT2D eigenvalue weighted by atomic mass is 28.4. The molecule has 2 rings (SSSR count). The molecule has 0 spiro atoms. The van der Waals surface area contributed by atoms with Gasteiger partial charge >= 0.3 is 0 Å². The summed E-state index contributed by atoms with van der Waals surface area (Å²) in [4.78, 5) is 22.2. The molecule has 2 aromatic carbocycles. The Kier molecular flexibility index (Phi) is 15.6. The van der Waals surface area contributed by atoms with Crippen LogP contribution in [-0.4, -0.2) is 46.0 Å². The molecule has 0 aromatic heterocycles. The Labute approximate surface area is 284 Å². The zero-order valence-electron chi connectivity index (χ0n) is 31.1. The molecule has 0 unspecified atom stereocenters. The van der Waals surface area contributed by atoms with Gasteiger partial charge in [0.25, 0.3) is 0 Å². The van der Waals surface area contributed by atoms with Gasteiger partial charge in [0.05, 0.1) is 19.8 Å². The van der Waals surface area contributed by atoms with Crippen LogP contribution in [0.5, 0.6) is 17.2 Å². The standard InChI is InChI=1S/C39H66O5Si2/c1-12-15-23-42-34-27-32(29-38(4,5)45(8,9)40)35(37(28-34)44-25-17-14-3)20-18-19-31-21-22-36(43-24-16-13-2)33(26-31)30-39(6,7)46(10,11)41/h18-19,21-22,26-28,40-41H,12-17,20,23-25,29-30H2,1-11H3/b19-18+. The van der Waals surface area contributed by atoms with Crippen molar-refractivity contribution in [2.75, 3.05) is 19.8 Å². The fourth-order valence-electron chi connectivity index (χ4n) is 4.94. The monoisotopic (exact) mass is 670 g/mol. The minimum atomic E-state index is -2.46.